The highest BCUT2D eigenvalue weighted by molar-refractivity contribution is 5.63. The molecule has 126 valence electrons. The van der Waals surface area contributed by atoms with Gasteiger partial charge in [-0.2, -0.15) is 5.26 Å². The second-order valence-corrected chi connectivity index (χ2v) is 7.34. The Balaban J connectivity index is 1.44. The summed E-state index contributed by atoms with van der Waals surface area (Å²) in [4.78, 5) is 15.3. The molecule has 1 aliphatic heterocycles. The Morgan fingerprint density at radius 2 is 1.96 bits per heavy atom. The van der Waals surface area contributed by atoms with Crippen LogP contribution in [0.2, 0.25) is 0 Å². The van der Waals surface area contributed by atoms with E-state index in [-0.39, 0.29) is 5.69 Å². The molecule has 1 heterocycles. The molecule has 24 heavy (non-hydrogen) atoms. The standard InChI is InChI=1S/C18H22N4O2/c19-12-15-11-16(22(23)24)3-4-17(15)20-5-7-21(8-6-20)18-10-13-1-2-14(18)9-13/h3-4,11,13-14,18H,1-2,5-10H2. The van der Waals surface area contributed by atoms with Gasteiger partial charge in [-0.1, -0.05) is 6.42 Å². The molecule has 0 aromatic heterocycles. The van der Waals surface area contributed by atoms with Crippen molar-refractivity contribution in [2.45, 2.75) is 31.7 Å². The van der Waals surface area contributed by atoms with E-state index in [4.69, 9.17) is 0 Å². The highest BCUT2D eigenvalue weighted by Gasteiger charge is 2.42. The molecule has 2 saturated carbocycles. The molecule has 1 aromatic carbocycles. The molecule has 1 saturated heterocycles. The van der Waals surface area contributed by atoms with Gasteiger partial charge in [-0.15, -0.1) is 0 Å². The van der Waals surface area contributed by atoms with Crippen molar-refractivity contribution in [3.63, 3.8) is 0 Å². The molecule has 3 aliphatic rings. The maximum Gasteiger partial charge on any atom is 0.270 e. The molecule has 2 bridgehead atoms. The van der Waals surface area contributed by atoms with E-state index in [1.165, 1.54) is 37.8 Å². The van der Waals surface area contributed by atoms with Crippen molar-refractivity contribution in [1.29, 1.82) is 5.26 Å². The van der Waals surface area contributed by atoms with Gasteiger partial charge in [0.05, 0.1) is 16.2 Å². The zero-order valence-electron chi connectivity index (χ0n) is 13.7. The van der Waals surface area contributed by atoms with Crippen LogP contribution < -0.4 is 4.90 Å². The summed E-state index contributed by atoms with van der Waals surface area (Å²) in [5.41, 5.74) is 1.21. The Bertz CT molecular complexity index is 691. The predicted molar refractivity (Wildman–Crippen MR) is 90.8 cm³/mol. The molecule has 3 fully saturated rings. The number of benzene rings is 1. The molecule has 0 N–H and O–H groups in total. The third-order valence-corrected chi connectivity index (χ3v) is 6.14. The fourth-order valence-corrected chi connectivity index (χ4v) is 4.96. The Hall–Kier alpha value is -2.13. The van der Waals surface area contributed by atoms with E-state index in [1.807, 2.05) is 0 Å². The minimum Gasteiger partial charge on any atom is -0.368 e. The topological polar surface area (TPSA) is 73.4 Å². The van der Waals surface area contributed by atoms with E-state index in [1.54, 1.807) is 6.07 Å². The van der Waals surface area contributed by atoms with Crippen LogP contribution in [0, 0.1) is 33.3 Å². The average Bonchev–Trinajstić information content (AvgIpc) is 3.24. The molecular formula is C18H22N4O2. The van der Waals surface area contributed by atoms with Gasteiger partial charge in [-0.05, 0) is 37.2 Å². The Morgan fingerprint density at radius 1 is 1.17 bits per heavy atom. The van der Waals surface area contributed by atoms with E-state index in [0.29, 0.717) is 5.56 Å². The minimum absolute atomic E-state index is 0.0177. The van der Waals surface area contributed by atoms with Gasteiger partial charge < -0.3 is 4.90 Å². The van der Waals surface area contributed by atoms with Crippen LogP contribution in [0.4, 0.5) is 11.4 Å². The van der Waals surface area contributed by atoms with Crippen LogP contribution in [0.3, 0.4) is 0 Å². The van der Waals surface area contributed by atoms with Crippen LogP contribution in [0.1, 0.15) is 31.2 Å². The van der Waals surface area contributed by atoms with Crippen LogP contribution in [0.25, 0.3) is 0 Å². The third kappa shape index (κ3) is 2.63. The molecule has 3 atom stereocenters. The van der Waals surface area contributed by atoms with Gasteiger partial charge in [0, 0.05) is 44.4 Å². The van der Waals surface area contributed by atoms with Crippen molar-refractivity contribution >= 4 is 11.4 Å². The smallest absolute Gasteiger partial charge is 0.270 e. The summed E-state index contributed by atoms with van der Waals surface area (Å²) in [6.07, 6.45) is 5.61. The zero-order chi connectivity index (χ0) is 16.7. The lowest BCUT2D eigenvalue weighted by atomic mass is 9.93. The number of rotatable bonds is 3. The molecule has 6 heteroatoms. The lowest BCUT2D eigenvalue weighted by Gasteiger charge is -2.42. The number of nitro groups is 1. The van der Waals surface area contributed by atoms with Crippen molar-refractivity contribution in [1.82, 2.24) is 4.90 Å². The summed E-state index contributed by atoms with van der Waals surface area (Å²) >= 11 is 0. The van der Waals surface area contributed by atoms with Crippen molar-refractivity contribution in [2.75, 3.05) is 31.1 Å². The fourth-order valence-electron chi connectivity index (χ4n) is 4.96. The predicted octanol–water partition coefficient (Wildman–Crippen LogP) is 2.78. The number of nitriles is 1. The maximum absolute atomic E-state index is 10.9. The van der Waals surface area contributed by atoms with Gasteiger partial charge >= 0.3 is 0 Å². The molecule has 0 spiro atoms. The second-order valence-electron chi connectivity index (χ2n) is 7.34. The molecule has 1 aromatic rings. The molecule has 2 aliphatic carbocycles. The van der Waals surface area contributed by atoms with E-state index in [9.17, 15) is 15.4 Å². The van der Waals surface area contributed by atoms with Crippen LogP contribution in [0.5, 0.6) is 0 Å². The second kappa shape index (κ2) is 6.06. The SMILES string of the molecule is N#Cc1cc([N+](=O)[O-])ccc1N1CCN(C2CC3CCC2C3)CC1. The van der Waals surface area contributed by atoms with Crippen LogP contribution in [-0.2, 0) is 0 Å². The quantitative estimate of drug-likeness (QED) is 0.631. The summed E-state index contributed by atoms with van der Waals surface area (Å²) in [5.74, 6) is 1.86. The molecule has 0 amide bonds. The lowest BCUT2D eigenvalue weighted by molar-refractivity contribution is -0.384. The van der Waals surface area contributed by atoms with E-state index in [0.717, 1.165) is 49.7 Å². The monoisotopic (exact) mass is 326 g/mol. The summed E-state index contributed by atoms with van der Waals surface area (Å²) in [7, 11) is 0. The Labute approximate surface area is 141 Å². The highest BCUT2D eigenvalue weighted by atomic mass is 16.6. The number of hydrogen-bond donors (Lipinski definition) is 0. The number of anilines is 1. The van der Waals surface area contributed by atoms with Gasteiger partial charge in [0.1, 0.15) is 6.07 Å². The normalized spacial score (nSPS) is 29.6. The molecule has 3 unspecified atom stereocenters. The summed E-state index contributed by atoms with van der Waals surface area (Å²) in [5, 5.41) is 20.2. The number of nitrogens with zero attached hydrogens (tertiary/aromatic N) is 4. The molecule has 0 radical (unpaired) electrons. The van der Waals surface area contributed by atoms with Crippen LogP contribution in [-0.4, -0.2) is 42.0 Å². The Morgan fingerprint density at radius 3 is 2.54 bits per heavy atom. The lowest BCUT2D eigenvalue weighted by Crippen LogP contribution is -2.51. The van der Waals surface area contributed by atoms with Gasteiger partial charge in [-0.25, -0.2) is 0 Å². The van der Waals surface area contributed by atoms with Crippen LogP contribution in [0.15, 0.2) is 18.2 Å². The van der Waals surface area contributed by atoms with Gasteiger partial charge in [0.2, 0.25) is 0 Å². The summed E-state index contributed by atoms with van der Waals surface area (Å²) in [6.45, 7) is 3.83. The number of hydrogen-bond acceptors (Lipinski definition) is 5. The highest BCUT2D eigenvalue weighted by Crippen LogP contribution is 2.46. The van der Waals surface area contributed by atoms with Gasteiger partial charge in [0.25, 0.3) is 5.69 Å². The first-order valence-corrected chi connectivity index (χ1v) is 8.83. The summed E-state index contributed by atoms with van der Waals surface area (Å²) < 4.78 is 0. The number of piperazine rings is 1. The number of non-ortho nitro benzene ring substituents is 1. The number of fused-ring (bicyclic) bond motifs is 2. The van der Waals surface area contributed by atoms with E-state index in [2.05, 4.69) is 15.9 Å². The fraction of sp³-hybridized carbons (Fsp3) is 0.611. The van der Waals surface area contributed by atoms with Crippen molar-refractivity contribution in [2.24, 2.45) is 11.8 Å². The van der Waals surface area contributed by atoms with Crippen molar-refractivity contribution < 1.29 is 4.92 Å². The maximum atomic E-state index is 10.9. The van der Waals surface area contributed by atoms with Crippen molar-refractivity contribution in [3.05, 3.63) is 33.9 Å². The molecular weight excluding hydrogens is 304 g/mol. The molecule has 6 nitrogen and oxygen atoms in total. The van der Waals surface area contributed by atoms with Crippen molar-refractivity contribution in [3.8, 4) is 6.07 Å². The largest absolute Gasteiger partial charge is 0.368 e. The first kappa shape index (κ1) is 15.4. The van der Waals surface area contributed by atoms with Crippen LogP contribution >= 0.6 is 0 Å². The number of nitro benzene ring substituents is 1. The average molecular weight is 326 g/mol. The summed E-state index contributed by atoms with van der Waals surface area (Å²) in [6, 6.07) is 7.49. The third-order valence-electron chi connectivity index (χ3n) is 6.14. The van der Waals surface area contributed by atoms with Gasteiger partial charge in [0.15, 0.2) is 0 Å². The van der Waals surface area contributed by atoms with E-state index < -0.39 is 4.92 Å². The molecule has 4 rings (SSSR count). The first-order chi connectivity index (χ1) is 11.7. The first-order valence-electron chi connectivity index (χ1n) is 8.83. The zero-order valence-corrected chi connectivity index (χ0v) is 13.7. The minimum atomic E-state index is -0.447. The Kier molecular flexibility index (Phi) is 3.89. The van der Waals surface area contributed by atoms with Gasteiger partial charge in [-0.3, -0.25) is 15.0 Å². The van der Waals surface area contributed by atoms with E-state index >= 15 is 0 Å².